The van der Waals surface area contributed by atoms with Gasteiger partial charge in [0.25, 0.3) is 0 Å². The van der Waals surface area contributed by atoms with Crippen molar-refractivity contribution in [2.75, 3.05) is 6.54 Å². The molecule has 0 unspecified atom stereocenters. The predicted octanol–water partition coefficient (Wildman–Crippen LogP) is 2.68. The lowest BCUT2D eigenvalue weighted by Gasteiger charge is -2.17. The molecule has 0 saturated carbocycles. The number of alkyl halides is 3. The van der Waals surface area contributed by atoms with Gasteiger partial charge in [-0.05, 0) is 18.2 Å². The quantitative estimate of drug-likeness (QED) is 0.816. The summed E-state index contributed by atoms with van der Waals surface area (Å²) in [6, 6.07) is 5.11. The molecule has 0 radical (unpaired) electrons. The minimum atomic E-state index is -4.58. The molecule has 1 aliphatic rings. The van der Waals surface area contributed by atoms with Crippen molar-refractivity contribution in [2.24, 2.45) is 0 Å². The molecule has 1 aliphatic heterocycles. The molecule has 2 aromatic rings. The van der Waals surface area contributed by atoms with E-state index in [1.807, 2.05) is 0 Å². The molecule has 0 amide bonds. The molecule has 3 nitrogen and oxygen atoms in total. The van der Waals surface area contributed by atoms with E-state index in [0.29, 0.717) is 30.9 Å². The van der Waals surface area contributed by atoms with E-state index in [2.05, 4.69) is 10.3 Å². The third-order valence-corrected chi connectivity index (χ3v) is 3.21. The lowest BCUT2D eigenvalue weighted by molar-refractivity contribution is -0.146. The summed E-state index contributed by atoms with van der Waals surface area (Å²) < 4.78 is 53.7. The smallest absolute Gasteiger partial charge is 0.311 e. The highest BCUT2D eigenvalue weighted by molar-refractivity contribution is 5.39. The average molecular weight is 285 g/mol. The van der Waals surface area contributed by atoms with Gasteiger partial charge in [0, 0.05) is 25.2 Å². The van der Waals surface area contributed by atoms with E-state index in [9.17, 15) is 17.6 Å². The van der Waals surface area contributed by atoms with E-state index in [-0.39, 0.29) is 5.69 Å². The van der Waals surface area contributed by atoms with Crippen LogP contribution in [0.2, 0.25) is 0 Å². The Bertz CT molecular complexity index is 646. The SMILES string of the molecule is Fc1cccc(-n2c(C(F)(F)F)nc3c2CCNC3)c1. The summed E-state index contributed by atoms with van der Waals surface area (Å²) >= 11 is 0. The predicted molar refractivity (Wildman–Crippen MR) is 63.9 cm³/mol. The van der Waals surface area contributed by atoms with Crippen molar-refractivity contribution in [3.8, 4) is 5.69 Å². The van der Waals surface area contributed by atoms with Crippen molar-refractivity contribution in [1.29, 1.82) is 0 Å². The lowest BCUT2D eigenvalue weighted by atomic mass is 10.1. The number of fused-ring (bicyclic) bond motifs is 1. The number of hydrogen-bond donors (Lipinski definition) is 1. The third kappa shape index (κ3) is 2.18. The number of hydrogen-bond acceptors (Lipinski definition) is 2. The molecule has 1 aromatic heterocycles. The Morgan fingerprint density at radius 3 is 2.75 bits per heavy atom. The monoisotopic (exact) mass is 285 g/mol. The third-order valence-electron chi connectivity index (χ3n) is 3.21. The van der Waals surface area contributed by atoms with Crippen LogP contribution in [0.1, 0.15) is 17.2 Å². The maximum atomic E-state index is 13.3. The summed E-state index contributed by atoms with van der Waals surface area (Å²) in [6.07, 6.45) is -4.15. The van der Waals surface area contributed by atoms with Crippen molar-refractivity contribution in [3.63, 3.8) is 0 Å². The van der Waals surface area contributed by atoms with Gasteiger partial charge in [-0.1, -0.05) is 6.07 Å². The maximum absolute atomic E-state index is 13.3. The first-order chi connectivity index (χ1) is 9.47. The van der Waals surface area contributed by atoms with Crippen LogP contribution in [-0.2, 0) is 19.1 Å². The molecule has 1 N–H and O–H groups in total. The second-order valence-electron chi connectivity index (χ2n) is 4.57. The Labute approximate surface area is 112 Å². The van der Waals surface area contributed by atoms with Crippen molar-refractivity contribution < 1.29 is 17.6 Å². The maximum Gasteiger partial charge on any atom is 0.450 e. The standard InChI is InChI=1S/C13H11F4N3/c14-8-2-1-3-9(6-8)20-11-4-5-18-7-10(11)19-12(20)13(15,16)17/h1-3,6,18H,4-5,7H2. The number of halogens is 4. The van der Waals surface area contributed by atoms with Crippen LogP contribution in [0.15, 0.2) is 24.3 Å². The van der Waals surface area contributed by atoms with E-state index < -0.39 is 17.8 Å². The van der Waals surface area contributed by atoms with Gasteiger partial charge in [-0.3, -0.25) is 4.57 Å². The van der Waals surface area contributed by atoms with E-state index in [0.717, 1.165) is 10.6 Å². The normalized spacial score (nSPS) is 15.2. The molecule has 0 atom stereocenters. The van der Waals surface area contributed by atoms with Gasteiger partial charge in [-0.25, -0.2) is 9.37 Å². The molecule has 0 spiro atoms. The number of aromatic nitrogens is 2. The average Bonchev–Trinajstić information content (AvgIpc) is 2.78. The summed E-state index contributed by atoms with van der Waals surface area (Å²) in [7, 11) is 0. The first-order valence-corrected chi connectivity index (χ1v) is 6.11. The molecular formula is C13H11F4N3. The minimum Gasteiger partial charge on any atom is -0.311 e. The first kappa shape index (κ1) is 13.1. The van der Waals surface area contributed by atoms with Crippen LogP contribution < -0.4 is 5.32 Å². The number of imidazole rings is 1. The van der Waals surface area contributed by atoms with Gasteiger partial charge in [-0.2, -0.15) is 13.2 Å². The number of rotatable bonds is 1. The van der Waals surface area contributed by atoms with Gasteiger partial charge in [-0.15, -0.1) is 0 Å². The molecule has 0 aliphatic carbocycles. The fourth-order valence-electron chi connectivity index (χ4n) is 2.39. The zero-order valence-corrected chi connectivity index (χ0v) is 10.3. The Kier molecular flexibility index (Phi) is 3.01. The van der Waals surface area contributed by atoms with Crippen LogP contribution in [0.3, 0.4) is 0 Å². The van der Waals surface area contributed by atoms with E-state index in [1.54, 1.807) is 0 Å². The van der Waals surface area contributed by atoms with Crippen LogP contribution in [0.4, 0.5) is 17.6 Å². The molecule has 0 bridgehead atoms. The van der Waals surface area contributed by atoms with Gasteiger partial charge in [0.2, 0.25) is 5.82 Å². The van der Waals surface area contributed by atoms with Gasteiger partial charge < -0.3 is 5.32 Å². The minimum absolute atomic E-state index is 0.146. The Morgan fingerprint density at radius 2 is 2.05 bits per heavy atom. The molecule has 0 fully saturated rings. The highest BCUT2D eigenvalue weighted by Gasteiger charge is 2.39. The fourth-order valence-corrected chi connectivity index (χ4v) is 2.39. The zero-order chi connectivity index (χ0) is 14.3. The molecule has 7 heteroatoms. The van der Waals surface area contributed by atoms with Crippen molar-refractivity contribution in [2.45, 2.75) is 19.1 Å². The van der Waals surface area contributed by atoms with Crippen LogP contribution in [-0.4, -0.2) is 16.1 Å². The van der Waals surface area contributed by atoms with Crippen molar-refractivity contribution in [3.05, 3.63) is 47.3 Å². The first-order valence-electron chi connectivity index (χ1n) is 6.11. The van der Waals surface area contributed by atoms with Gasteiger partial charge in [0.1, 0.15) is 5.82 Å². The molecule has 0 saturated heterocycles. The summed E-state index contributed by atoms with van der Waals surface area (Å²) in [6.45, 7) is 0.867. The summed E-state index contributed by atoms with van der Waals surface area (Å²) in [5.41, 5.74) is 1.00. The topological polar surface area (TPSA) is 29.9 Å². The summed E-state index contributed by atoms with van der Waals surface area (Å²) in [5.74, 6) is -1.58. The number of nitrogens with one attached hydrogen (secondary N) is 1. The zero-order valence-electron chi connectivity index (χ0n) is 10.3. The second kappa shape index (κ2) is 4.59. The van der Waals surface area contributed by atoms with E-state index in [1.165, 1.54) is 18.2 Å². The molecule has 106 valence electrons. The molecular weight excluding hydrogens is 274 g/mol. The highest BCUT2D eigenvalue weighted by atomic mass is 19.4. The van der Waals surface area contributed by atoms with E-state index in [4.69, 9.17) is 0 Å². The van der Waals surface area contributed by atoms with Crippen LogP contribution in [0.5, 0.6) is 0 Å². The second-order valence-corrected chi connectivity index (χ2v) is 4.57. The van der Waals surface area contributed by atoms with Gasteiger partial charge in [0.05, 0.1) is 11.4 Å². The highest BCUT2D eigenvalue weighted by Crippen LogP contribution is 2.33. The molecule has 20 heavy (non-hydrogen) atoms. The van der Waals surface area contributed by atoms with Gasteiger partial charge in [0.15, 0.2) is 0 Å². The lowest BCUT2D eigenvalue weighted by Crippen LogP contribution is -2.25. The Morgan fingerprint density at radius 1 is 1.25 bits per heavy atom. The van der Waals surface area contributed by atoms with E-state index >= 15 is 0 Å². The Hall–Kier alpha value is -1.89. The molecule has 3 rings (SSSR count). The van der Waals surface area contributed by atoms with Crippen LogP contribution in [0, 0.1) is 5.82 Å². The number of nitrogens with zero attached hydrogens (tertiary/aromatic N) is 2. The molecule has 2 heterocycles. The summed E-state index contributed by atoms with van der Waals surface area (Å²) in [5, 5.41) is 2.98. The summed E-state index contributed by atoms with van der Waals surface area (Å²) in [4.78, 5) is 3.68. The number of benzene rings is 1. The fraction of sp³-hybridized carbons (Fsp3) is 0.308. The largest absolute Gasteiger partial charge is 0.450 e. The Balaban J connectivity index is 2.24. The van der Waals surface area contributed by atoms with Crippen molar-refractivity contribution in [1.82, 2.24) is 14.9 Å². The van der Waals surface area contributed by atoms with Crippen LogP contribution in [0.25, 0.3) is 5.69 Å². The van der Waals surface area contributed by atoms with Crippen LogP contribution >= 0.6 is 0 Å². The molecule has 1 aromatic carbocycles. The van der Waals surface area contributed by atoms with Crippen molar-refractivity contribution >= 4 is 0 Å². The van der Waals surface area contributed by atoms with Gasteiger partial charge >= 0.3 is 6.18 Å².